The fourth-order valence-electron chi connectivity index (χ4n) is 6.75. The third-order valence-electron chi connectivity index (χ3n) is 7.87. The van der Waals surface area contributed by atoms with Crippen molar-refractivity contribution in [3.63, 3.8) is 0 Å². The van der Waals surface area contributed by atoms with Crippen molar-refractivity contribution >= 4 is 11.9 Å². The maximum absolute atomic E-state index is 12.8. The summed E-state index contributed by atoms with van der Waals surface area (Å²) >= 11 is 0. The number of hydrogen-bond donors (Lipinski definition) is 1. The molecule has 6 aliphatic rings. The quantitative estimate of drug-likeness (QED) is 0.531. The van der Waals surface area contributed by atoms with Gasteiger partial charge in [-0.3, -0.25) is 4.79 Å². The Morgan fingerprint density at radius 2 is 1.81 bits per heavy atom. The Hall–Kier alpha value is -1.44. The summed E-state index contributed by atoms with van der Waals surface area (Å²) in [6, 6.07) is 0. The highest BCUT2D eigenvalue weighted by molar-refractivity contribution is 5.87. The lowest BCUT2D eigenvalue weighted by Crippen LogP contribution is -2.65. The van der Waals surface area contributed by atoms with E-state index in [0.717, 1.165) is 5.57 Å². The highest BCUT2D eigenvalue weighted by Gasteiger charge is 2.88. The van der Waals surface area contributed by atoms with Gasteiger partial charge in [0.2, 0.25) is 0 Å². The number of hydrogen-bond acceptors (Lipinski definition) is 7. The molecule has 3 saturated heterocycles. The van der Waals surface area contributed by atoms with E-state index in [9.17, 15) is 14.7 Å². The third kappa shape index (κ3) is 1.31. The SMILES string of the molecule is CC(C)[C@H]1OC(=O)C=C2[C@@]13O[C@@H]3[C@H]1OC(=O)[C@@]3(C)C(O)[C@H]4O[C@H]4[C@@]2(C)C13. The molecule has 140 valence electrons. The first-order valence-electron chi connectivity index (χ1n) is 9.34. The second-order valence-electron chi connectivity index (χ2n) is 9.37. The summed E-state index contributed by atoms with van der Waals surface area (Å²) in [5, 5.41) is 10.8. The normalized spacial score (nSPS) is 60.8. The van der Waals surface area contributed by atoms with Gasteiger partial charge < -0.3 is 24.1 Å². The van der Waals surface area contributed by atoms with E-state index in [1.54, 1.807) is 6.92 Å². The van der Waals surface area contributed by atoms with E-state index in [2.05, 4.69) is 0 Å². The number of aliphatic hydroxyl groups is 1. The number of carbonyl (C=O) groups excluding carboxylic acids is 2. The van der Waals surface area contributed by atoms with Crippen LogP contribution >= 0.6 is 0 Å². The van der Waals surface area contributed by atoms with Crippen molar-refractivity contribution in [2.75, 3.05) is 0 Å². The van der Waals surface area contributed by atoms with E-state index in [0.29, 0.717) is 0 Å². The number of aliphatic hydroxyl groups excluding tert-OH is 1. The van der Waals surface area contributed by atoms with E-state index < -0.39 is 46.8 Å². The minimum Gasteiger partial charge on any atom is -0.459 e. The Morgan fingerprint density at radius 3 is 2.50 bits per heavy atom. The molecule has 1 spiro atoms. The van der Waals surface area contributed by atoms with Gasteiger partial charge in [-0.2, -0.15) is 0 Å². The predicted octanol–water partition coefficient (Wildman–Crippen LogP) is 0.341. The smallest absolute Gasteiger partial charge is 0.331 e. The van der Waals surface area contributed by atoms with Crippen molar-refractivity contribution in [1.29, 1.82) is 0 Å². The van der Waals surface area contributed by atoms with Crippen LogP contribution in [0.2, 0.25) is 0 Å². The summed E-state index contributed by atoms with van der Waals surface area (Å²) in [5.74, 6) is -1.03. The minimum atomic E-state index is -1.06. The van der Waals surface area contributed by atoms with E-state index >= 15 is 0 Å². The molecule has 2 unspecified atom stereocenters. The Labute approximate surface area is 150 Å². The zero-order valence-electron chi connectivity index (χ0n) is 15.1. The first kappa shape index (κ1) is 15.6. The zero-order valence-corrected chi connectivity index (χ0v) is 15.1. The summed E-state index contributed by atoms with van der Waals surface area (Å²) in [7, 11) is 0. The van der Waals surface area contributed by atoms with Gasteiger partial charge in [0.15, 0.2) is 5.60 Å². The maximum Gasteiger partial charge on any atom is 0.331 e. The summed E-state index contributed by atoms with van der Waals surface area (Å²) in [6.45, 7) is 7.78. The lowest BCUT2D eigenvalue weighted by atomic mass is 9.46. The van der Waals surface area contributed by atoms with Crippen molar-refractivity contribution < 1.29 is 33.6 Å². The van der Waals surface area contributed by atoms with E-state index in [4.69, 9.17) is 18.9 Å². The Kier molecular flexibility index (Phi) is 2.42. The van der Waals surface area contributed by atoms with Crippen LogP contribution in [0.15, 0.2) is 11.6 Å². The highest BCUT2D eigenvalue weighted by atomic mass is 16.7. The number of carbonyl (C=O) groups is 2. The average molecular weight is 362 g/mol. The van der Waals surface area contributed by atoms with Gasteiger partial charge in [-0.25, -0.2) is 4.79 Å². The summed E-state index contributed by atoms with van der Waals surface area (Å²) in [6.07, 6.45) is -1.28. The molecule has 0 aromatic heterocycles. The molecule has 7 nitrogen and oxygen atoms in total. The number of fused-ring (bicyclic) bond motifs is 4. The second kappa shape index (κ2) is 4.03. The molecule has 2 saturated carbocycles. The van der Waals surface area contributed by atoms with Crippen molar-refractivity contribution in [3.05, 3.63) is 11.6 Å². The topological polar surface area (TPSA) is 97.9 Å². The zero-order chi connectivity index (χ0) is 18.4. The van der Waals surface area contributed by atoms with Crippen LogP contribution in [0.1, 0.15) is 27.7 Å². The van der Waals surface area contributed by atoms with Crippen molar-refractivity contribution in [3.8, 4) is 0 Å². The monoisotopic (exact) mass is 362 g/mol. The Balaban J connectivity index is 1.60. The van der Waals surface area contributed by atoms with Gasteiger partial charge in [0.25, 0.3) is 0 Å². The van der Waals surface area contributed by atoms with Gasteiger partial charge in [0.1, 0.15) is 29.8 Å². The largest absolute Gasteiger partial charge is 0.459 e. The fraction of sp³-hybridized carbons (Fsp3) is 0.789. The van der Waals surface area contributed by atoms with Crippen molar-refractivity contribution in [2.24, 2.45) is 22.7 Å². The van der Waals surface area contributed by atoms with Gasteiger partial charge in [0, 0.05) is 17.4 Å². The molecule has 0 aromatic rings. The molecule has 5 fully saturated rings. The summed E-state index contributed by atoms with van der Waals surface area (Å²) < 4.78 is 23.5. The Morgan fingerprint density at radius 1 is 1.08 bits per heavy atom. The van der Waals surface area contributed by atoms with E-state index in [1.165, 1.54) is 6.08 Å². The maximum atomic E-state index is 12.8. The fourth-order valence-corrected chi connectivity index (χ4v) is 6.75. The van der Waals surface area contributed by atoms with Crippen LogP contribution in [0.25, 0.3) is 0 Å². The number of cyclic esters (lactones) is 1. The molecular weight excluding hydrogens is 340 g/mol. The number of esters is 2. The summed E-state index contributed by atoms with van der Waals surface area (Å²) in [4.78, 5) is 25.2. The van der Waals surface area contributed by atoms with Gasteiger partial charge in [-0.05, 0) is 18.4 Å². The molecule has 10 atom stereocenters. The number of epoxide rings is 2. The molecule has 6 rings (SSSR count). The molecule has 0 bridgehead atoms. The molecule has 0 aromatic carbocycles. The van der Waals surface area contributed by atoms with Crippen LogP contribution in [0.3, 0.4) is 0 Å². The lowest BCUT2D eigenvalue weighted by molar-refractivity contribution is -0.155. The molecule has 26 heavy (non-hydrogen) atoms. The standard InChI is InChI=1S/C19H22O7/c1-6(2)13-19-7(5-8(20)23-13)17(3)11-9(15(19)26-19)25-16(22)18(11,4)12(21)10-14(17)24-10/h5-6,9-15,21H,1-4H3/t9-,10+,11?,12?,13+,14+,15+,17+,18+,19+/m0/s1. The van der Waals surface area contributed by atoms with Gasteiger partial charge in [0.05, 0.1) is 12.2 Å². The van der Waals surface area contributed by atoms with Crippen LogP contribution in [0, 0.1) is 22.7 Å². The number of ether oxygens (including phenoxy) is 4. The first-order valence-corrected chi connectivity index (χ1v) is 9.34. The van der Waals surface area contributed by atoms with E-state index in [-0.39, 0.29) is 30.0 Å². The molecule has 1 N–H and O–H groups in total. The molecule has 0 radical (unpaired) electrons. The first-order chi connectivity index (χ1) is 12.2. The van der Waals surface area contributed by atoms with Gasteiger partial charge in [-0.15, -0.1) is 0 Å². The predicted molar refractivity (Wildman–Crippen MR) is 84.7 cm³/mol. The second-order valence-corrected chi connectivity index (χ2v) is 9.37. The minimum absolute atomic E-state index is 0.0568. The van der Waals surface area contributed by atoms with Crippen LogP contribution in [-0.4, -0.2) is 59.3 Å². The molecule has 2 aliphatic carbocycles. The van der Waals surface area contributed by atoms with Crippen LogP contribution in [0.5, 0.6) is 0 Å². The lowest BCUT2D eigenvalue weighted by Gasteiger charge is -2.53. The third-order valence-corrected chi connectivity index (χ3v) is 7.87. The van der Waals surface area contributed by atoms with Crippen LogP contribution in [0.4, 0.5) is 0 Å². The van der Waals surface area contributed by atoms with Crippen LogP contribution in [-0.2, 0) is 28.5 Å². The highest BCUT2D eigenvalue weighted by Crippen LogP contribution is 2.75. The number of rotatable bonds is 1. The molecular formula is C19H22O7. The molecule has 4 heterocycles. The van der Waals surface area contributed by atoms with Crippen molar-refractivity contribution in [2.45, 2.75) is 69.9 Å². The molecule has 0 amide bonds. The molecule has 7 heteroatoms. The van der Waals surface area contributed by atoms with Crippen molar-refractivity contribution in [1.82, 2.24) is 0 Å². The van der Waals surface area contributed by atoms with Crippen LogP contribution < -0.4 is 0 Å². The van der Waals surface area contributed by atoms with Gasteiger partial charge >= 0.3 is 11.9 Å². The molecule has 4 aliphatic heterocycles. The summed E-state index contributed by atoms with van der Waals surface area (Å²) in [5.41, 5.74) is -1.57. The average Bonchev–Trinajstić information content (AvgIpc) is 3.46. The van der Waals surface area contributed by atoms with E-state index in [1.807, 2.05) is 20.8 Å². The van der Waals surface area contributed by atoms with Gasteiger partial charge in [-0.1, -0.05) is 20.8 Å². The Bertz CT molecular complexity index is 804.